The quantitative estimate of drug-likeness (QED) is 0.490. The van der Waals surface area contributed by atoms with E-state index in [2.05, 4.69) is 34.1 Å². The number of anilines is 1. The van der Waals surface area contributed by atoms with E-state index in [0.717, 1.165) is 37.9 Å². The molecule has 0 radical (unpaired) electrons. The van der Waals surface area contributed by atoms with Crippen molar-refractivity contribution >= 4 is 28.7 Å². The second kappa shape index (κ2) is 8.90. The lowest BCUT2D eigenvalue weighted by Gasteiger charge is -2.33. The number of H-pyrrole nitrogens is 1. The third kappa shape index (κ3) is 4.20. The molecule has 7 nitrogen and oxygen atoms in total. The maximum absolute atomic E-state index is 12.8. The van der Waals surface area contributed by atoms with E-state index in [1.807, 2.05) is 34.9 Å². The maximum atomic E-state index is 12.8. The third-order valence-electron chi connectivity index (χ3n) is 6.54. The Kier molecular flexibility index (Phi) is 5.81. The van der Waals surface area contributed by atoms with Gasteiger partial charge >= 0.3 is 5.69 Å². The highest BCUT2D eigenvalue weighted by Gasteiger charge is 2.26. The molecule has 170 valence electrons. The van der Waals surface area contributed by atoms with Crippen LogP contribution in [0.1, 0.15) is 24.0 Å². The zero-order valence-corrected chi connectivity index (χ0v) is 19.3. The molecule has 1 aliphatic rings. The van der Waals surface area contributed by atoms with Crippen LogP contribution in [-0.4, -0.2) is 32.2 Å². The summed E-state index contributed by atoms with van der Waals surface area (Å²) in [5, 5.41) is 0.633. The van der Waals surface area contributed by atoms with E-state index in [4.69, 9.17) is 16.6 Å². The normalized spacial score (nSPS) is 14.8. The van der Waals surface area contributed by atoms with Crippen molar-refractivity contribution < 1.29 is 0 Å². The van der Waals surface area contributed by atoms with Crippen molar-refractivity contribution in [2.24, 2.45) is 13.0 Å². The number of hydrogen-bond donors (Lipinski definition) is 1. The van der Waals surface area contributed by atoms with Crippen LogP contribution < -0.4 is 16.1 Å². The second-order valence-corrected chi connectivity index (χ2v) is 9.11. The first kappa shape index (κ1) is 21.5. The molecule has 1 aliphatic heterocycles. The molecular weight excluding hydrogens is 438 g/mol. The molecule has 0 unspecified atom stereocenters. The van der Waals surface area contributed by atoms with Crippen molar-refractivity contribution in [3.05, 3.63) is 91.6 Å². The van der Waals surface area contributed by atoms with Gasteiger partial charge in [0.25, 0.3) is 5.56 Å². The van der Waals surface area contributed by atoms with Crippen molar-refractivity contribution in [3.63, 3.8) is 0 Å². The standard InChI is InChI=1S/C25H26ClN5O2/c1-29-22-21(23(32)28-25(29)33)31(16-19-9-5-6-10-20(19)26)24(27-22)30-13-11-18(12-14-30)15-17-7-3-2-4-8-17/h2-10,18H,11-16H2,1H3,(H,28,32,33). The van der Waals surface area contributed by atoms with Gasteiger partial charge in [-0.05, 0) is 42.4 Å². The maximum Gasteiger partial charge on any atom is 0.329 e. The smallest absolute Gasteiger partial charge is 0.329 e. The molecule has 1 fully saturated rings. The average molecular weight is 464 g/mol. The highest BCUT2D eigenvalue weighted by atomic mass is 35.5. The molecule has 4 aromatic rings. The molecule has 1 N–H and O–H groups in total. The molecule has 2 aromatic carbocycles. The Morgan fingerprint density at radius 1 is 1.03 bits per heavy atom. The minimum atomic E-state index is -0.469. The zero-order valence-electron chi connectivity index (χ0n) is 18.5. The fourth-order valence-electron chi connectivity index (χ4n) is 4.70. The zero-order chi connectivity index (χ0) is 22.9. The van der Waals surface area contributed by atoms with Crippen LogP contribution in [0.3, 0.4) is 0 Å². The second-order valence-electron chi connectivity index (χ2n) is 8.70. The van der Waals surface area contributed by atoms with E-state index < -0.39 is 11.2 Å². The summed E-state index contributed by atoms with van der Waals surface area (Å²) in [5.74, 6) is 1.31. The van der Waals surface area contributed by atoms with Gasteiger partial charge in [-0.25, -0.2) is 4.79 Å². The number of aromatic amines is 1. The van der Waals surface area contributed by atoms with Gasteiger partial charge in [-0.2, -0.15) is 4.98 Å². The molecule has 0 spiro atoms. The van der Waals surface area contributed by atoms with E-state index in [1.165, 1.54) is 10.1 Å². The predicted octanol–water partition coefficient (Wildman–Crippen LogP) is 3.58. The number of fused-ring (bicyclic) bond motifs is 1. The van der Waals surface area contributed by atoms with Gasteiger partial charge in [-0.1, -0.05) is 60.1 Å². The Balaban J connectivity index is 1.49. The Labute approximate surface area is 196 Å². The van der Waals surface area contributed by atoms with E-state index >= 15 is 0 Å². The number of imidazole rings is 1. The molecule has 8 heteroatoms. The molecule has 5 rings (SSSR count). The van der Waals surface area contributed by atoms with Gasteiger partial charge in [-0.15, -0.1) is 0 Å². The summed E-state index contributed by atoms with van der Waals surface area (Å²) >= 11 is 6.43. The topological polar surface area (TPSA) is 75.9 Å². The number of nitrogens with one attached hydrogen (secondary N) is 1. The summed E-state index contributed by atoms with van der Waals surface area (Å²) in [5.41, 5.74) is 2.13. The monoisotopic (exact) mass is 463 g/mol. The number of nitrogens with zero attached hydrogens (tertiary/aromatic N) is 4. The van der Waals surface area contributed by atoms with Crippen LogP contribution in [0, 0.1) is 5.92 Å². The number of rotatable bonds is 5. The van der Waals surface area contributed by atoms with E-state index in [1.54, 1.807) is 7.05 Å². The van der Waals surface area contributed by atoms with Crippen molar-refractivity contribution in [3.8, 4) is 0 Å². The van der Waals surface area contributed by atoms with Gasteiger partial charge in [0.15, 0.2) is 11.2 Å². The first-order valence-electron chi connectivity index (χ1n) is 11.2. The molecule has 0 amide bonds. The largest absolute Gasteiger partial charge is 0.342 e. The average Bonchev–Trinajstić information content (AvgIpc) is 3.20. The first-order valence-corrected chi connectivity index (χ1v) is 11.6. The van der Waals surface area contributed by atoms with Crippen LogP contribution in [0.2, 0.25) is 5.02 Å². The molecule has 2 aromatic heterocycles. The Morgan fingerprint density at radius 3 is 2.45 bits per heavy atom. The van der Waals surface area contributed by atoms with Crippen LogP contribution >= 0.6 is 11.6 Å². The number of hydrogen-bond acceptors (Lipinski definition) is 4. The summed E-state index contributed by atoms with van der Waals surface area (Å²) in [6.45, 7) is 2.08. The lowest BCUT2D eigenvalue weighted by molar-refractivity contribution is 0.399. The summed E-state index contributed by atoms with van der Waals surface area (Å²) in [6, 6.07) is 18.2. The summed E-state index contributed by atoms with van der Waals surface area (Å²) < 4.78 is 3.29. The number of piperidine rings is 1. The molecule has 1 saturated heterocycles. The molecule has 0 atom stereocenters. The molecule has 0 aliphatic carbocycles. The van der Waals surface area contributed by atoms with Crippen molar-refractivity contribution in [1.29, 1.82) is 0 Å². The van der Waals surface area contributed by atoms with Gasteiger partial charge in [0.2, 0.25) is 5.95 Å². The van der Waals surface area contributed by atoms with Crippen molar-refractivity contribution in [1.82, 2.24) is 19.1 Å². The number of benzene rings is 2. The predicted molar refractivity (Wildman–Crippen MR) is 131 cm³/mol. The van der Waals surface area contributed by atoms with Gasteiger partial charge < -0.3 is 4.90 Å². The van der Waals surface area contributed by atoms with E-state index in [9.17, 15) is 9.59 Å². The van der Waals surface area contributed by atoms with E-state index in [-0.39, 0.29) is 0 Å². The van der Waals surface area contributed by atoms with E-state index in [0.29, 0.717) is 34.6 Å². The van der Waals surface area contributed by atoms with Crippen molar-refractivity contribution in [2.75, 3.05) is 18.0 Å². The lowest BCUT2D eigenvalue weighted by atomic mass is 9.90. The Morgan fingerprint density at radius 2 is 1.73 bits per heavy atom. The lowest BCUT2D eigenvalue weighted by Crippen LogP contribution is -2.36. The molecule has 33 heavy (non-hydrogen) atoms. The first-order chi connectivity index (χ1) is 16.0. The SMILES string of the molecule is Cn1c(=O)[nH]c(=O)c2c1nc(N1CCC(Cc3ccccc3)CC1)n2Cc1ccccc1Cl. The van der Waals surface area contributed by atoms with Crippen LogP contribution in [0.25, 0.3) is 11.2 Å². The van der Waals surface area contributed by atoms with Gasteiger partial charge in [-0.3, -0.25) is 18.9 Å². The van der Waals surface area contributed by atoms with Crippen LogP contribution in [0.15, 0.2) is 64.2 Å². The Bertz CT molecular complexity index is 1400. The number of aromatic nitrogens is 4. The number of aryl methyl sites for hydroxylation is 1. The fourth-order valence-corrected chi connectivity index (χ4v) is 4.89. The van der Waals surface area contributed by atoms with Crippen LogP contribution in [0.5, 0.6) is 0 Å². The minimum absolute atomic E-state index is 0.386. The molecule has 0 saturated carbocycles. The molecular formula is C25H26ClN5O2. The Hall–Kier alpha value is -3.32. The molecule has 0 bridgehead atoms. The summed E-state index contributed by atoms with van der Waals surface area (Å²) in [7, 11) is 1.63. The number of halogens is 1. The molecule has 3 heterocycles. The van der Waals surface area contributed by atoms with Gasteiger partial charge in [0.05, 0.1) is 6.54 Å². The third-order valence-corrected chi connectivity index (χ3v) is 6.91. The van der Waals surface area contributed by atoms with Gasteiger partial charge in [0, 0.05) is 25.2 Å². The summed E-state index contributed by atoms with van der Waals surface area (Å²) in [4.78, 5) is 34.4. The highest BCUT2D eigenvalue weighted by Crippen LogP contribution is 2.28. The van der Waals surface area contributed by atoms with Crippen molar-refractivity contribution in [2.45, 2.75) is 25.8 Å². The summed E-state index contributed by atoms with van der Waals surface area (Å²) in [6.07, 6.45) is 3.15. The van der Waals surface area contributed by atoms with Gasteiger partial charge in [0.1, 0.15) is 0 Å². The van der Waals surface area contributed by atoms with Crippen LogP contribution in [0.4, 0.5) is 5.95 Å². The minimum Gasteiger partial charge on any atom is -0.342 e. The fraction of sp³-hybridized carbons (Fsp3) is 0.320. The van der Waals surface area contributed by atoms with Crippen LogP contribution in [-0.2, 0) is 20.0 Å². The highest BCUT2D eigenvalue weighted by molar-refractivity contribution is 6.31.